The van der Waals surface area contributed by atoms with Crippen LogP contribution in [0.15, 0.2) is 42.3 Å². The van der Waals surface area contributed by atoms with Crippen LogP contribution in [0.2, 0.25) is 5.02 Å². The SMILES string of the molecule is C[C@@H](Cn1cncn1)NS(=O)(=O)/C=C\c1ccccc1Cl. The summed E-state index contributed by atoms with van der Waals surface area (Å²) < 4.78 is 28.0. The van der Waals surface area contributed by atoms with E-state index in [1.54, 1.807) is 35.9 Å². The molecule has 8 heteroatoms. The average Bonchev–Trinajstić information content (AvgIpc) is 2.90. The van der Waals surface area contributed by atoms with Crippen LogP contribution in [0.5, 0.6) is 0 Å². The van der Waals surface area contributed by atoms with Crippen LogP contribution < -0.4 is 4.72 Å². The molecule has 0 aliphatic heterocycles. The molecule has 6 nitrogen and oxygen atoms in total. The van der Waals surface area contributed by atoms with E-state index in [4.69, 9.17) is 11.6 Å². The number of sulfonamides is 1. The van der Waals surface area contributed by atoms with E-state index in [0.717, 1.165) is 5.41 Å². The van der Waals surface area contributed by atoms with Crippen molar-refractivity contribution in [2.45, 2.75) is 19.5 Å². The minimum Gasteiger partial charge on any atom is -0.251 e. The number of nitrogens with zero attached hydrogens (tertiary/aromatic N) is 3. The van der Waals surface area contributed by atoms with Crippen molar-refractivity contribution >= 4 is 27.7 Å². The molecule has 1 aromatic heterocycles. The zero-order valence-electron chi connectivity index (χ0n) is 11.3. The van der Waals surface area contributed by atoms with Gasteiger partial charge < -0.3 is 0 Å². The van der Waals surface area contributed by atoms with Crippen molar-refractivity contribution in [1.29, 1.82) is 0 Å². The van der Waals surface area contributed by atoms with Crippen molar-refractivity contribution in [1.82, 2.24) is 19.5 Å². The van der Waals surface area contributed by atoms with Gasteiger partial charge in [-0.25, -0.2) is 18.1 Å². The lowest BCUT2D eigenvalue weighted by Crippen LogP contribution is -2.34. The van der Waals surface area contributed by atoms with E-state index in [0.29, 0.717) is 17.1 Å². The van der Waals surface area contributed by atoms with E-state index in [1.807, 2.05) is 0 Å². The van der Waals surface area contributed by atoms with E-state index in [2.05, 4.69) is 14.8 Å². The molecule has 0 aliphatic rings. The Morgan fingerprint density at radius 1 is 1.43 bits per heavy atom. The summed E-state index contributed by atoms with van der Waals surface area (Å²) in [5.41, 5.74) is 0.647. The van der Waals surface area contributed by atoms with Crippen molar-refractivity contribution in [3.8, 4) is 0 Å². The van der Waals surface area contributed by atoms with E-state index in [-0.39, 0.29) is 6.04 Å². The molecule has 21 heavy (non-hydrogen) atoms. The van der Waals surface area contributed by atoms with Gasteiger partial charge in [0.15, 0.2) is 0 Å². The Hall–Kier alpha value is -1.70. The Labute approximate surface area is 128 Å². The molecule has 2 rings (SSSR count). The molecule has 2 aromatic rings. The fourth-order valence-electron chi connectivity index (χ4n) is 1.74. The maximum Gasteiger partial charge on any atom is 0.234 e. The molecule has 1 atom stereocenters. The average molecular weight is 327 g/mol. The van der Waals surface area contributed by atoms with Crippen molar-refractivity contribution in [2.24, 2.45) is 0 Å². The van der Waals surface area contributed by atoms with Gasteiger partial charge in [-0.15, -0.1) is 0 Å². The van der Waals surface area contributed by atoms with Gasteiger partial charge in [0.2, 0.25) is 10.0 Å². The third kappa shape index (κ3) is 4.96. The van der Waals surface area contributed by atoms with Crippen LogP contribution in [0.4, 0.5) is 0 Å². The van der Waals surface area contributed by atoms with Crippen molar-refractivity contribution < 1.29 is 8.42 Å². The van der Waals surface area contributed by atoms with Gasteiger partial charge in [0.25, 0.3) is 0 Å². The van der Waals surface area contributed by atoms with E-state index in [1.165, 1.54) is 18.7 Å². The first kappa shape index (κ1) is 15.7. The van der Waals surface area contributed by atoms with Crippen molar-refractivity contribution in [3.05, 3.63) is 52.9 Å². The quantitative estimate of drug-likeness (QED) is 0.879. The van der Waals surface area contributed by atoms with Gasteiger partial charge in [0.05, 0.1) is 6.54 Å². The highest BCUT2D eigenvalue weighted by Gasteiger charge is 2.12. The number of rotatable bonds is 6. The monoisotopic (exact) mass is 326 g/mol. The summed E-state index contributed by atoms with van der Waals surface area (Å²) in [6.45, 7) is 2.15. The molecule has 0 spiro atoms. The van der Waals surface area contributed by atoms with Crippen LogP contribution in [-0.2, 0) is 16.6 Å². The summed E-state index contributed by atoms with van der Waals surface area (Å²) in [4.78, 5) is 3.80. The van der Waals surface area contributed by atoms with Gasteiger partial charge in [-0.05, 0) is 24.6 Å². The van der Waals surface area contributed by atoms with Gasteiger partial charge in [0, 0.05) is 16.5 Å². The van der Waals surface area contributed by atoms with Gasteiger partial charge >= 0.3 is 0 Å². The van der Waals surface area contributed by atoms with E-state index >= 15 is 0 Å². The Morgan fingerprint density at radius 2 is 2.19 bits per heavy atom. The maximum atomic E-state index is 12.0. The first-order valence-electron chi connectivity index (χ1n) is 6.23. The summed E-state index contributed by atoms with van der Waals surface area (Å²) in [7, 11) is -3.55. The number of nitrogens with one attached hydrogen (secondary N) is 1. The molecule has 0 aliphatic carbocycles. The number of halogens is 1. The summed E-state index contributed by atoms with van der Waals surface area (Å²) in [5, 5.41) is 5.53. The third-order valence-corrected chi connectivity index (χ3v) is 4.19. The van der Waals surface area contributed by atoms with Gasteiger partial charge in [-0.2, -0.15) is 5.10 Å². The molecule has 0 fully saturated rings. The van der Waals surface area contributed by atoms with Gasteiger partial charge in [-0.3, -0.25) is 4.68 Å². The Balaban J connectivity index is 2.00. The molecule has 1 heterocycles. The standard InChI is InChI=1S/C13H15ClN4O2S/c1-11(8-18-10-15-9-16-18)17-21(19,20)7-6-12-4-2-3-5-13(12)14/h2-7,9-11,17H,8H2,1H3/b7-6-/t11-/m0/s1. The summed E-state index contributed by atoms with van der Waals surface area (Å²) >= 11 is 5.97. The van der Waals surface area contributed by atoms with E-state index < -0.39 is 10.0 Å². The summed E-state index contributed by atoms with van der Waals surface area (Å²) in [5.74, 6) is 0. The first-order chi connectivity index (χ1) is 9.96. The second kappa shape index (κ2) is 6.84. The molecule has 1 N–H and O–H groups in total. The Bertz CT molecular complexity index is 714. The first-order valence-corrected chi connectivity index (χ1v) is 8.16. The van der Waals surface area contributed by atoms with Crippen LogP contribution in [0, 0.1) is 0 Å². The highest BCUT2D eigenvalue weighted by Crippen LogP contribution is 2.16. The van der Waals surface area contributed by atoms with Crippen LogP contribution in [0.1, 0.15) is 12.5 Å². The molecule has 0 bridgehead atoms. The van der Waals surface area contributed by atoms with Crippen molar-refractivity contribution in [3.63, 3.8) is 0 Å². The smallest absolute Gasteiger partial charge is 0.234 e. The Morgan fingerprint density at radius 3 is 2.86 bits per heavy atom. The zero-order valence-corrected chi connectivity index (χ0v) is 12.9. The van der Waals surface area contributed by atoms with Crippen LogP contribution in [0.3, 0.4) is 0 Å². The highest BCUT2D eigenvalue weighted by atomic mass is 35.5. The molecule has 112 valence electrons. The minimum absolute atomic E-state index is 0.312. The van der Waals surface area contributed by atoms with Crippen LogP contribution in [-0.4, -0.2) is 29.2 Å². The predicted octanol–water partition coefficient (Wildman–Crippen LogP) is 1.91. The largest absolute Gasteiger partial charge is 0.251 e. The predicted molar refractivity (Wildman–Crippen MR) is 82.0 cm³/mol. The molecule has 1 aromatic carbocycles. The number of hydrogen-bond donors (Lipinski definition) is 1. The van der Waals surface area contributed by atoms with Crippen LogP contribution >= 0.6 is 11.6 Å². The molecule has 0 unspecified atom stereocenters. The second-order valence-electron chi connectivity index (χ2n) is 4.51. The lowest BCUT2D eigenvalue weighted by molar-refractivity contribution is 0.496. The van der Waals surface area contributed by atoms with Gasteiger partial charge in [0.1, 0.15) is 12.7 Å². The normalized spacial score (nSPS) is 13.6. The number of benzene rings is 1. The summed E-state index contributed by atoms with van der Waals surface area (Å²) in [6, 6.07) is 6.71. The maximum absolute atomic E-state index is 12.0. The highest BCUT2D eigenvalue weighted by molar-refractivity contribution is 7.92. The van der Waals surface area contributed by atoms with E-state index in [9.17, 15) is 8.42 Å². The van der Waals surface area contributed by atoms with Crippen molar-refractivity contribution in [2.75, 3.05) is 0 Å². The van der Waals surface area contributed by atoms with Gasteiger partial charge in [-0.1, -0.05) is 29.8 Å². The fourth-order valence-corrected chi connectivity index (χ4v) is 2.98. The molecule has 0 saturated heterocycles. The molecule has 0 radical (unpaired) electrons. The van der Waals surface area contributed by atoms with Crippen LogP contribution in [0.25, 0.3) is 6.08 Å². The lowest BCUT2D eigenvalue weighted by Gasteiger charge is -2.11. The molecule has 0 amide bonds. The zero-order chi connectivity index (χ0) is 15.3. The second-order valence-corrected chi connectivity index (χ2v) is 6.51. The molecular formula is C13H15ClN4O2S. The lowest BCUT2D eigenvalue weighted by atomic mass is 10.2. The number of hydrogen-bond acceptors (Lipinski definition) is 4. The summed E-state index contributed by atoms with van der Waals surface area (Å²) in [6.07, 6.45) is 4.40. The fraction of sp³-hybridized carbons (Fsp3) is 0.231. The Kier molecular flexibility index (Phi) is 5.11. The third-order valence-electron chi connectivity index (χ3n) is 2.62. The topological polar surface area (TPSA) is 76.9 Å². The molecular weight excluding hydrogens is 312 g/mol. The molecule has 0 saturated carbocycles. The number of aromatic nitrogens is 3. The minimum atomic E-state index is -3.55.